The maximum Gasteiger partial charge on any atom is 0.237 e. The number of piperidine rings is 1. The topological polar surface area (TPSA) is 71.0 Å². The molecule has 1 heterocycles. The zero-order chi connectivity index (χ0) is 21.7. The quantitative estimate of drug-likeness (QED) is 0.732. The van der Waals surface area contributed by atoms with Crippen LogP contribution in [0, 0.1) is 6.92 Å². The first-order valence-corrected chi connectivity index (χ1v) is 10.4. The summed E-state index contributed by atoms with van der Waals surface area (Å²) in [6.45, 7) is 5.72. The van der Waals surface area contributed by atoms with Gasteiger partial charge < -0.3 is 19.9 Å². The molecule has 0 unspecified atom stereocenters. The number of ether oxygens (including phenoxy) is 2. The summed E-state index contributed by atoms with van der Waals surface area (Å²) in [6.07, 6.45) is 1.23. The van der Waals surface area contributed by atoms with E-state index in [0.29, 0.717) is 44.0 Å². The Balaban J connectivity index is 1.55. The Kier molecular flexibility index (Phi) is 7.00. The zero-order valence-electron chi connectivity index (χ0n) is 18.3. The van der Waals surface area contributed by atoms with Crippen LogP contribution in [0.15, 0.2) is 42.5 Å². The summed E-state index contributed by atoms with van der Waals surface area (Å²) in [5.41, 5.74) is 2.22. The van der Waals surface area contributed by atoms with Gasteiger partial charge in [-0.05, 0) is 55.5 Å². The van der Waals surface area contributed by atoms with Crippen LogP contribution in [-0.4, -0.2) is 49.3 Å². The van der Waals surface area contributed by atoms with E-state index in [2.05, 4.69) is 10.2 Å². The van der Waals surface area contributed by atoms with Gasteiger partial charge in [0, 0.05) is 19.6 Å². The van der Waals surface area contributed by atoms with Crippen LogP contribution < -0.4 is 14.8 Å². The fraction of sp³-hybridized carbons (Fsp3) is 0.458. The molecule has 0 radical (unpaired) electrons. The highest BCUT2D eigenvalue weighted by Crippen LogP contribution is 2.35. The van der Waals surface area contributed by atoms with Crippen molar-refractivity contribution in [2.45, 2.75) is 44.9 Å². The van der Waals surface area contributed by atoms with Crippen molar-refractivity contribution in [3.8, 4) is 11.5 Å². The number of aliphatic hydroxyl groups is 1. The van der Waals surface area contributed by atoms with Gasteiger partial charge in [0.2, 0.25) is 5.91 Å². The maximum absolute atomic E-state index is 12.7. The molecular weight excluding hydrogens is 380 g/mol. The summed E-state index contributed by atoms with van der Waals surface area (Å²) in [5, 5.41) is 14.2. The van der Waals surface area contributed by atoms with E-state index in [-0.39, 0.29) is 11.9 Å². The van der Waals surface area contributed by atoms with Crippen LogP contribution in [0.4, 0.5) is 0 Å². The lowest BCUT2D eigenvalue weighted by Crippen LogP contribution is -2.51. The molecule has 0 saturated carbocycles. The summed E-state index contributed by atoms with van der Waals surface area (Å²) in [7, 11) is 3.19. The number of hydrogen-bond acceptors (Lipinski definition) is 5. The highest BCUT2D eigenvalue weighted by atomic mass is 16.5. The first-order valence-electron chi connectivity index (χ1n) is 10.4. The minimum Gasteiger partial charge on any atom is -0.493 e. The van der Waals surface area contributed by atoms with Gasteiger partial charge in [0.25, 0.3) is 0 Å². The number of aryl methyl sites for hydroxylation is 1. The summed E-state index contributed by atoms with van der Waals surface area (Å²) in [4.78, 5) is 14.8. The van der Waals surface area contributed by atoms with E-state index >= 15 is 0 Å². The first kappa shape index (κ1) is 22.1. The van der Waals surface area contributed by atoms with Crippen LogP contribution in [0.2, 0.25) is 0 Å². The van der Waals surface area contributed by atoms with Crippen molar-refractivity contribution >= 4 is 5.91 Å². The molecule has 0 bridgehead atoms. The van der Waals surface area contributed by atoms with Crippen LogP contribution >= 0.6 is 0 Å². The molecule has 1 aliphatic heterocycles. The van der Waals surface area contributed by atoms with Gasteiger partial charge in [-0.1, -0.05) is 30.3 Å². The van der Waals surface area contributed by atoms with E-state index in [1.807, 2.05) is 56.3 Å². The molecular formula is C24H32N2O4. The molecule has 6 nitrogen and oxygen atoms in total. The molecule has 6 heteroatoms. The fourth-order valence-corrected chi connectivity index (χ4v) is 4.14. The molecule has 162 valence electrons. The fourth-order valence-electron chi connectivity index (χ4n) is 4.14. The van der Waals surface area contributed by atoms with Crippen molar-refractivity contribution in [3.05, 3.63) is 59.2 Å². The summed E-state index contributed by atoms with van der Waals surface area (Å²) in [5.74, 6) is 1.28. The van der Waals surface area contributed by atoms with Gasteiger partial charge in [0.1, 0.15) is 0 Å². The van der Waals surface area contributed by atoms with Crippen molar-refractivity contribution in [2.24, 2.45) is 0 Å². The van der Waals surface area contributed by atoms with E-state index in [1.165, 1.54) is 0 Å². The molecule has 2 N–H and O–H groups in total. The lowest BCUT2D eigenvalue weighted by molar-refractivity contribution is -0.128. The summed E-state index contributed by atoms with van der Waals surface area (Å²) < 4.78 is 10.6. The predicted molar refractivity (Wildman–Crippen MR) is 117 cm³/mol. The summed E-state index contributed by atoms with van der Waals surface area (Å²) in [6, 6.07) is 13.3. The number of nitrogens with one attached hydrogen (secondary N) is 1. The second-order valence-electron chi connectivity index (χ2n) is 7.97. The number of carbonyl (C=O) groups is 1. The molecule has 1 amide bonds. The average molecular weight is 413 g/mol. The number of likely N-dealkylation sites (tertiary alicyclic amines) is 1. The van der Waals surface area contributed by atoms with Crippen LogP contribution in [-0.2, 0) is 16.9 Å². The molecule has 2 aromatic rings. The second-order valence-corrected chi connectivity index (χ2v) is 7.97. The molecule has 1 aliphatic rings. The van der Waals surface area contributed by atoms with E-state index in [0.717, 1.165) is 16.7 Å². The predicted octanol–water partition coefficient (Wildman–Crippen LogP) is 3.00. The van der Waals surface area contributed by atoms with Crippen molar-refractivity contribution in [1.82, 2.24) is 10.2 Å². The minimum absolute atomic E-state index is 0.0221. The third kappa shape index (κ3) is 4.77. The molecule has 0 aromatic heterocycles. The highest BCUT2D eigenvalue weighted by Gasteiger charge is 2.37. The average Bonchev–Trinajstić information content (AvgIpc) is 2.77. The van der Waals surface area contributed by atoms with E-state index in [9.17, 15) is 9.90 Å². The van der Waals surface area contributed by atoms with Crippen molar-refractivity contribution < 1.29 is 19.4 Å². The molecule has 3 rings (SSSR count). The van der Waals surface area contributed by atoms with Crippen LogP contribution in [0.1, 0.15) is 36.5 Å². The third-order valence-corrected chi connectivity index (χ3v) is 6.11. The minimum atomic E-state index is -0.822. The molecule has 2 aromatic carbocycles. The van der Waals surface area contributed by atoms with E-state index in [4.69, 9.17) is 9.47 Å². The Morgan fingerprint density at radius 1 is 1.13 bits per heavy atom. The monoisotopic (exact) mass is 412 g/mol. The number of hydrogen-bond donors (Lipinski definition) is 2. The largest absolute Gasteiger partial charge is 0.493 e. The Morgan fingerprint density at radius 3 is 2.43 bits per heavy atom. The second kappa shape index (κ2) is 9.49. The summed E-state index contributed by atoms with van der Waals surface area (Å²) >= 11 is 0. The van der Waals surface area contributed by atoms with Gasteiger partial charge in [-0.2, -0.15) is 0 Å². The maximum atomic E-state index is 12.7. The van der Waals surface area contributed by atoms with Crippen LogP contribution in [0.25, 0.3) is 0 Å². The Bertz CT molecular complexity index is 875. The molecule has 0 spiro atoms. The molecule has 1 fully saturated rings. The van der Waals surface area contributed by atoms with Crippen molar-refractivity contribution in [3.63, 3.8) is 0 Å². The molecule has 30 heavy (non-hydrogen) atoms. The Morgan fingerprint density at radius 2 is 1.80 bits per heavy atom. The Hall–Kier alpha value is -2.57. The lowest BCUT2D eigenvalue weighted by Gasteiger charge is -2.41. The van der Waals surface area contributed by atoms with Crippen LogP contribution in [0.3, 0.4) is 0 Å². The van der Waals surface area contributed by atoms with Gasteiger partial charge in [0.05, 0.1) is 25.9 Å². The van der Waals surface area contributed by atoms with Gasteiger partial charge in [-0.15, -0.1) is 0 Å². The van der Waals surface area contributed by atoms with Gasteiger partial charge in [-0.25, -0.2) is 0 Å². The third-order valence-electron chi connectivity index (χ3n) is 6.11. The number of rotatable bonds is 7. The van der Waals surface area contributed by atoms with E-state index < -0.39 is 5.60 Å². The number of carbonyl (C=O) groups excluding carboxylic acids is 1. The number of benzene rings is 2. The first-order chi connectivity index (χ1) is 14.4. The smallest absolute Gasteiger partial charge is 0.237 e. The number of methoxy groups -OCH3 is 2. The molecule has 0 aliphatic carbocycles. The number of amides is 1. The highest BCUT2D eigenvalue weighted by molar-refractivity contribution is 5.81. The lowest BCUT2D eigenvalue weighted by atomic mass is 9.82. The number of nitrogens with zero attached hydrogens (tertiary/aromatic N) is 1. The SMILES string of the molecule is COc1ccc(CNC(=O)[C@@H](C)N2CCC(O)(c3ccccc3C)CC2)cc1OC. The standard InChI is InChI=1S/C24H32N2O4/c1-17-7-5-6-8-20(17)24(28)11-13-26(14-12-24)18(2)23(27)25-16-19-9-10-21(29-3)22(15-19)30-4/h5-10,15,18,28H,11-14,16H2,1-4H3,(H,25,27)/t18-/m1/s1. The van der Waals surface area contributed by atoms with Gasteiger partial charge >= 0.3 is 0 Å². The van der Waals surface area contributed by atoms with Crippen LogP contribution in [0.5, 0.6) is 11.5 Å². The normalized spacial score (nSPS) is 17.2. The van der Waals surface area contributed by atoms with Gasteiger partial charge in [0.15, 0.2) is 11.5 Å². The van der Waals surface area contributed by atoms with Gasteiger partial charge in [-0.3, -0.25) is 9.69 Å². The van der Waals surface area contributed by atoms with Crippen molar-refractivity contribution in [2.75, 3.05) is 27.3 Å². The molecule has 1 saturated heterocycles. The zero-order valence-corrected chi connectivity index (χ0v) is 18.3. The molecule has 1 atom stereocenters. The van der Waals surface area contributed by atoms with Crippen molar-refractivity contribution in [1.29, 1.82) is 0 Å². The Labute approximate surface area is 178 Å². The van der Waals surface area contributed by atoms with E-state index in [1.54, 1.807) is 14.2 Å².